The van der Waals surface area contributed by atoms with Crippen molar-refractivity contribution in [1.82, 2.24) is 0 Å². The van der Waals surface area contributed by atoms with Gasteiger partial charge in [-0.3, -0.25) is 0 Å². The van der Waals surface area contributed by atoms with Crippen LogP contribution in [-0.2, 0) is 0 Å². The van der Waals surface area contributed by atoms with Gasteiger partial charge in [0.1, 0.15) is 0 Å². The molecule has 0 heterocycles. The highest BCUT2D eigenvalue weighted by Gasteiger charge is 2.13. The van der Waals surface area contributed by atoms with Crippen molar-refractivity contribution < 1.29 is 0 Å². The van der Waals surface area contributed by atoms with Crippen LogP contribution in [0.2, 0.25) is 0 Å². The molecule has 0 radical (unpaired) electrons. The molecule has 1 aliphatic carbocycles. The summed E-state index contributed by atoms with van der Waals surface area (Å²) in [5.74, 6) is 0.599. The SMILES string of the molecule is CC(C)c1ccccc1NC1CCCCCCC1. The monoisotopic (exact) mass is 245 g/mol. The van der Waals surface area contributed by atoms with E-state index < -0.39 is 0 Å². The summed E-state index contributed by atoms with van der Waals surface area (Å²) in [4.78, 5) is 0. The Labute approximate surface area is 112 Å². The van der Waals surface area contributed by atoms with Gasteiger partial charge >= 0.3 is 0 Å². The fraction of sp³-hybridized carbons (Fsp3) is 0.647. The summed E-state index contributed by atoms with van der Waals surface area (Å²) < 4.78 is 0. The molecule has 0 saturated heterocycles. The molecule has 1 heteroatoms. The minimum Gasteiger partial charge on any atom is -0.382 e. The standard InChI is InChI=1S/C17H27N/c1-14(2)16-12-8-9-13-17(16)18-15-10-6-4-3-5-7-11-15/h8-9,12-15,18H,3-7,10-11H2,1-2H3. The van der Waals surface area contributed by atoms with E-state index in [-0.39, 0.29) is 0 Å². The number of anilines is 1. The third kappa shape index (κ3) is 3.76. The summed E-state index contributed by atoms with van der Waals surface area (Å²) in [5.41, 5.74) is 2.82. The Morgan fingerprint density at radius 2 is 1.56 bits per heavy atom. The van der Waals surface area contributed by atoms with Gasteiger partial charge in [0.05, 0.1) is 0 Å². The summed E-state index contributed by atoms with van der Waals surface area (Å²) in [7, 11) is 0. The Bertz CT molecular complexity index is 348. The van der Waals surface area contributed by atoms with Crippen molar-refractivity contribution in [1.29, 1.82) is 0 Å². The predicted octanol–water partition coefficient (Wildman–Crippen LogP) is 5.33. The maximum atomic E-state index is 3.80. The van der Waals surface area contributed by atoms with Gasteiger partial charge in [-0.25, -0.2) is 0 Å². The second kappa shape index (κ2) is 6.82. The van der Waals surface area contributed by atoms with E-state index in [1.54, 1.807) is 0 Å². The molecule has 1 fully saturated rings. The minimum absolute atomic E-state index is 0.599. The van der Waals surface area contributed by atoms with E-state index >= 15 is 0 Å². The van der Waals surface area contributed by atoms with Crippen molar-refractivity contribution in [2.45, 2.75) is 70.8 Å². The lowest BCUT2D eigenvalue weighted by atomic mass is 9.95. The first-order chi connectivity index (χ1) is 8.77. The maximum Gasteiger partial charge on any atom is 0.0377 e. The Morgan fingerprint density at radius 1 is 0.944 bits per heavy atom. The first-order valence-corrected chi connectivity index (χ1v) is 7.63. The number of nitrogens with one attached hydrogen (secondary N) is 1. The lowest BCUT2D eigenvalue weighted by Crippen LogP contribution is -2.21. The first-order valence-electron chi connectivity index (χ1n) is 7.63. The van der Waals surface area contributed by atoms with E-state index in [9.17, 15) is 0 Å². The van der Waals surface area contributed by atoms with Crippen LogP contribution >= 0.6 is 0 Å². The zero-order chi connectivity index (χ0) is 12.8. The van der Waals surface area contributed by atoms with Crippen LogP contribution in [0.5, 0.6) is 0 Å². The summed E-state index contributed by atoms with van der Waals surface area (Å²) in [6.45, 7) is 4.55. The molecule has 1 aromatic carbocycles. The van der Waals surface area contributed by atoms with Crippen LogP contribution in [0.25, 0.3) is 0 Å². The van der Waals surface area contributed by atoms with Gasteiger partial charge in [-0.2, -0.15) is 0 Å². The van der Waals surface area contributed by atoms with Gasteiger partial charge in [-0.15, -0.1) is 0 Å². The highest BCUT2D eigenvalue weighted by molar-refractivity contribution is 5.53. The fourth-order valence-electron chi connectivity index (χ4n) is 2.95. The van der Waals surface area contributed by atoms with Gasteiger partial charge in [0.25, 0.3) is 0 Å². The van der Waals surface area contributed by atoms with Crippen molar-refractivity contribution in [3.05, 3.63) is 29.8 Å². The van der Waals surface area contributed by atoms with Gasteiger partial charge in [0.2, 0.25) is 0 Å². The van der Waals surface area contributed by atoms with Gasteiger partial charge in [-0.05, 0) is 30.4 Å². The number of benzene rings is 1. The van der Waals surface area contributed by atoms with E-state index in [4.69, 9.17) is 0 Å². The molecule has 0 aliphatic heterocycles. The van der Waals surface area contributed by atoms with Crippen molar-refractivity contribution in [3.8, 4) is 0 Å². The van der Waals surface area contributed by atoms with E-state index in [1.807, 2.05) is 0 Å². The van der Waals surface area contributed by atoms with E-state index in [2.05, 4.69) is 43.4 Å². The zero-order valence-electron chi connectivity index (χ0n) is 11.9. The molecule has 0 spiro atoms. The second-order valence-electron chi connectivity index (χ2n) is 5.93. The third-order valence-electron chi connectivity index (χ3n) is 4.05. The molecule has 0 aromatic heterocycles. The average Bonchev–Trinajstić information content (AvgIpc) is 2.33. The predicted molar refractivity (Wildman–Crippen MR) is 80.3 cm³/mol. The van der Waals surface area contributed by atoms with Crippen LogP contribution in [0, 0.1) is 0 Å². The molecule has 18 heavy (non-hydrogen) atoms. The lowest BCUT2D eigenvalue weighted by molar-refractivity contribution is 0.471. The third-order valence-corrected chi connectivity index (χ3v) is 4.05. The molecular weight excluding hydrogens is 218 g/mol. The molecule has 1 aliphatic rings. The average molecular weight is 245 g/mol. The highest BCUT2D eigenvalue weighted by atomic mass is 14.9. The molecule has 2 rings (SSSR count). The van der Waals surface area contributed by atoms with Gasteiger partial charge in [0.15, 0.2) is 0 Å². The van der Waals surface area contributed by atoms with Crippen molar-refractivity contribution in [3.63, 3.8) is 0 Å². The molecule has 1 saturated carbocycles. The van der Waals surface area contributed by atoms with Crippen LogP contribution in [0.1, 0.15) is 70.3 Å². The maximum absolute atomic E-state index is 3.80. The normalized spacial score (nSPS) is 18.4. The van der Waals surface area contributed by atoms with E-state index in [1.165, 1.54) is 56.2 Å². The quantitative estimate of drug-likeness (QED) is 0.758. The highest BCUT2D eigenvalue weighted by Crippen LogP contribution is 2.27. The van der Waals surface area contributed by atoms with Crippen LogP contribution in [-0.4, -0.2) is 6.04 Å². The molecule has 100 valence electrons. The molecule has 0 amide bonds. The molecule has 1 nitrogen and oxygen atoms in total. The van der Waals surface area contributed by atoms with Crippen molar-refractivity contribution >= 4 is 5.69 Å². The molecule has 1 N–H and O–H groups in total. The van der Waals surface area contributed by atoms with Gasteiger partial charge in [-0.1, -0.05) is 64.2 Å². The van der Waals surface area contributed by atoms with Crippen molar-refractivity contribution in [2.75, 3.05) is 5.32 Å². The topological polar surface area (TPSA) is 12.0 Å². The Morgan fingerprint density at radius 3 is 2.22 bits per heavy atom. The summed E-state index contributed by atoms with van der Waals surface area (Å²) in [6, 6.07) is 9.49. The van der Waals surface area contributed by atoms with Crippen LogP contribution in [0.4, 0.5) is 5.69 Å². The Hall–Kier alpha value is -0.980. The smallest absolute Gasteiger partial charge is 0.0377 e. The molecule has 0 atom stereocenters. The number of para-hydroxylation sites is 1. The van der Waals surface area contributed by atoms with Crippen molar-refractivity contribution in [2.24, 2.45) is 0 Å². The minimum atomic E-state index is 0.599. The molecule has 0 bridgehead atoms. The summed E-state index contributed by atoms with van der Waals surface area (Å²) in [6.07, 6.45) is 9.74. The van der Waals surface area contributed by atoms with E-state index in [0.29, 0.717) is 12.0 Å². The van der Waals surface area contributed by atoms with Crippen LogP contribution in [0.3, 0.4) is 0 Å². The number of rotatable bonds is 3. The Balaban J connectivity index is 2.02. The van der Waals surface area contributed by atoms with Gasteiger partial charge < -0.3 is 5.32 Å². The summed E-state index contributed by atoms with van der Waals surface area (Å²) >= 11 is 0. The number of hydrogen-bond acceptors (Lipinski definition) is 1. The molecule has 1 aromatic rings. The van der Waals surface area contributed by atoms with Crippen LogP contribution in [0.15, 0.2) is 24.3 Å². The lowest BCUT2D eigenvalue weighted by Gasteiger charge is -2.24. The Kier molecular flexibility index (Phi) is 5.10. The van der Waals surface area contributed by atoms with Gasteiger partial charge in [0, 0.05) is 11.7 Å². The van der Waals surface area contributed by atoms with E-state index in [0.717, 1.165) is 0 Å². The molecular formula is C17H27N. The molecule has 0 unspecified atom stereocenters. The summed E-state index contributed by atoms with van der Waals surface area (Å²) in [5, 5.41) is 3.80. The fourth-order valence-corrected chi connectivity index (χ4v) is 2.95. The largest absolute Gasteiger partial charge is 0.382 e. The zero-order valence-corrected chi connectivity index (χ0v) is 11.9. The number of hydrogen-bond donors (Lipinski definition) is 1. The van der Waals surface area contributed by atoms with Crippen LogP contribution < -0.4 is 5.32 Å². The second-order valence-corrected chi connectivity index (χ2v) is 5.93. The first kappa shape index (κ1) is 13.5.